The standard InChI is InChI=1S/C18H22N4O4S/c1-25-12-3-4-13(15(7-12)26-2)14-8-16(23)20-18(27)22(14)10-17(24)21-6-5-11(19)9-21/h3-4,7-8,11H,5-6,9-10,19H2,1-2H3,(H,20,23,27)/t11-/m0/s1. The van der Waals surface area contributed by atoms with E-state index in [1.165, 1.54) is 13.2 Å². The van der Waals surface area contributed by atoms with Crippen molar-refractivity contribution in [3.05, 3.63) is 39.4 Å². The van der Waals surface area contributed by atoms with Crippen LogP contribution in [-0.4, -0.2) is 53.7 Å². The van der Waals surface area contributed by atoms with E-state index in [4.69, 9.17) is 27.4 Å². The van der Waals surface area contributed by atoms with Gasteiger partial charge in [-0.15, -0.1) is 0 Å². The second kappa shape index (κ2) is 7.93. The summed E-state index contributed by atoms with van der Waals surface area (Å²) in [5.41, 5.74) is 6.69. The first-order valence-electron chi connectivity index (χ1n) is 8.53. The zero-order chi connectivity index (χ0) is 19.6. The Kier molecular flexibility index (Phi) is 5.62. The third kappa shape index (κ3) is 4.04. The van der Waals surface area contributed by atoms with Gasteiger partial charge < -0.3 is 24.7 Å². The zero-order valence-corrected chi connectivity index (χ0v) is 16.0. The van der Waals surface area contributed by atoms with Crippen molar-refractivity contribution in [1.29, 1.82) is 0 Å². The molecular weight excluding hydrogens is 368 g/mol. The van der Waals surface area contributed by atoms with E-state index >= 15 is 0 Å². The Labute approximate surface area is 161 Å². The van der Waals surface area contributed by atoms with Gasteiger partial charge in [0.05, 0.1) is 19.9 Å². The summed E-state index contributed by atoms with van der Waals surface area (Å²) >= 11 is 5.32. The van der Waals surface area contributed by atoms with E-state index in [9.17, 15) is 9.59 Å². The van der Waals surface area contributed by atoms with Crippen molar-refractivity contribution in [3.8, 4) is 22.8 Å². The fraction of sp³-hybridized carbons (Fsp3) is 0.389. The number of rotatable bonds is 5. The van der Waals surface area contributed by atoms with Crippen LogP contribution < -0.4 is 20.8 Å². The zero-order valence-electron chi connectivity index (χ0n) is 15.2. The predicted octanol–water partition coefficient (Wildman–Crippen LogP) is 1.15. The summed E-state index contributed by atoms with van der Waals surface area (Å²) < 4.78 is 12.4. The molecule has 0 unspecified atom stereocenters. The van der Waals surface area contributed by atoms with Gasteiger partial charge in [0.15, 0.2) is 4.77 Å². The Hall–Kier alpha value is -2.65. The lowest BCUT2D eigenvalue weighted by Crippen LogP contribution is -2.35. The van der Waals surface area contributed by atoms with Gasteiger partial charge in [-0.1, -0.05) is 0 Å². The van der Waals surface area contributed by atoms with Crippen LogP contribution in [0.1, 0.15) is 6.42 Å². The number of hydrogen-bond acceptors (Lipinski definition) is 6. The molecule has 0 saturated carbocycles. The molecule has 1 aliphatic heterocycles. The van der Waals surface area contributed by atoms with E-state index in [0.29, 0.717) is 35.8 Å². The summed E-state index contributed by atoms with van der Waals surface area (Å²) in [6.07, 6.45) is 0.780. The van der Waals surface area contributed by atoms with Crippen LogP contribution in [0.15, 0.2) is 29.1 Å². The van der Waals surface area contributed by atoms with Crippen LogP contribution in [0.4, 0.5) is 0 Å². The number of methoxy groups -OCH3 is 2. The summed E-state index contributed by atoms with van der Waals surface area (Å²) in [5, 5.41) is 0. The van der Waals surface area contributed by atoms with Crippen molar-refractivity contribution in [2.75, 3.05) is 27.3 Å². The van der Waals surface area contributed by atoms with E-state index in [0.717, 1.165) is 6.42 Å². The molecule has 0 aliphatic carbocycles. The Morgan fingerprint density at radius 2 is 2.11 bits per heavy atom. The number of benzene rings is 1. The average molecular weight is 390 g/mol. The second-order valence-corrected chi connectivity index (χ2v) is 6.75. The number of nitrogens with one attached hydrogen (secondary N) is 1. The number of ether oxygens (including phenoxy) is 2. The van der Waals surface area contributed by atoms with Gasteiger partial charge in [0.2, 0.25) is 5.91 Å². The molecule has 2 aromatic rings. The van der Waals surface area contributed by atoms with Gasteiger partial charge in [0.1, 0.15) is 18.0 Å². The lowest BCUT2D eigenvalue weighted by Gasteiger charge is -2.20. The highest BCUT2D eigenvalue weighted by molar-refractivity contribution is 7.71. The van der Waals surface area contributed by atoms with Gasteiger partial charge in [0.25, 0.3) is 5.56 Å². The van der Waals surface area contributed by atoms with Crippen molar-refractivity contribution in [2.45, 2.75) is 19.0 Å². The molecular formula is C18H22N4O4S. The quantitative estimate of drug-likeness (QED) is 0.743. The Bertz CT molecular complexity index is 969. The molecule has 3 N–H and O–H groups in total. The van der Waals surface area contributed by atoms with Crippen molar-refractivity contribution >= 4 is 18.1 Å². The number of carbonyl (C=O) groups is 1. The summed E-state index contributed by atoms with van der Waals surface area (Å²) in [4.78, 5) is 29.0. The first-order valence-corrected chi connectivity index (χ1v) is 8.93. The molecule has 0 spiro atoms. The number of nitrogens with two attached hydrogens (primary N) is 1. The van der Waals surface area contributed by atoms with Gasteiger partial charge in [-0.25, -0.2) is 0 Å². The van der Waals surface area contributed by atoms with Crippen molar-refractivity contribution in [3.63, 3.8) is 0 Å². The largest absolute Gasteiger partial charge is 0.497 e. The normalized spacial score (nSPS) is 16.4. The fourth-order valence-electron chi connectivity index (χ4n) is 3.16. The van der Waals surface area contributed by atoms with Gasteiger partial charge in [0, 0.05) is 36.8 Å². The summed E-state index contributed by atoms with van der Waals surface area (Å²) in [7, 11) is 3.09. The lowest BCUT2D eigenvalue weighted by molar-refractivity contribution is -0.130. The van der Waals surface area contributed by atoms with Crippen molar-refractivity contribution in [1.82, 2.24) is 14.5 Å². The van der Waals surface area contributed by atoms with Crippen LogP contribution in [0, 0.1) is 4.77 Å². The van der Waals surface area contributed by atoms with Crippen LogP contribution >= 0.6 is 12.2 Å². The minimum absolute atomic E-state index is 0.00125. The number of carbonyl (C=O) groups excluding carboxylic acids is 1. The van der Waals surface area contributed by atoms with E-state index in [1.54, 1.807) is 34.8 Å². The molecule has 1 aliphatic rings. The SMILES string of the molecule is COc1ccc(-c2cc(=O)[nH]c(=S)n2CC(=O)N2CC[C@H](N)C2)c(OC)c1. The van der Waals surface area contributed by atoms with E-state index < -0.39 is 0 Å². The highest BCUT2D eigenvalue weighted by Crippen LogP contribution is 2.32. The predicted molar refractivity (Wildman–Crippen MR) is 104 cm³/mol. The highest BCUT2D eigenvalue weighted by atomic mass is 32.1. The monoisotopic (exact) mass is 390 g/mol. The third-order valence-corrected chi connectivity index (χ3v) is 4.91. The van der Waals surface area contributed by atoms with Gasteiger partial charge in [-0.2, -0.15) is 0 Å². The van der Waals surface area contributed by atoms with Crippen LogP contribution in [0.2, 0.25) is 0 Å². The van der Waals surface area contributed by atoms with Crippen LogP contribution in [0.3, 0.4) is 0 Å². The number of H-pyrrole nitrogens is 1. The fourth-order valence-corrected chi connectivity index (χ4v) is 3.42. The Balaban J connectivity index is 2.05. The number of nitrogens with zero attached hydrogens (tertiary/aromatic N) is 2. The molecule has 0 bridgehead atoms. The van der Waals surface area contributed by atoms with Crippen molar-refractivity contribution in [2.24, 2.45) is 5.73 Å². The summed E-state index contributed by atoms with van der Waals surface area (Å²) in [6, 6.07) is 6.65. The summed E-state index contributed by atoms with van der Waals surface area (Å²) in [6.45, 7) is 1.15. The Morgan fingerprint density at radius 1 is 1.33 bits per heavy atom. The molecule has 9 heteroatoms. The molecule has 1 saturated heterocycles. The minimum atomic E-state index is -0.347. The second-order valence-electron chi connectivity index (χ2n) is 6.36. The van der Waals surface area contributed by atoms with E-state index in [-0.39, 0.29) is 28.8 Å². The maximum absolute atomic E-state index is 12.7. The minimum Gasteiger partial charge on any atom is -0.497 e. The molecule has 0 radical (unpaired) electrons. The molecule has 1 aromatic carbocycles. The number of amides is 1. The molecule has 3 rings (SSSR count). The maximum atomic E-state index is 12.7. The molecule has 1 aromatic heterocycles. The number of aromatic nitrogens is 2. The lowest BCUT2D eigenvalue weighted by atomic mass is 10.1. The molecule has 1 fully saturated rings. The summed E-state index contributed by atoms with van der Waals surface area (Å²) in [5.74, 6) is 1.03. The first-order chi connectivity index (χ1) is 12.9. The Morgan fingerprint density at radius 3 is 2.74 bits per heavy atom. The topological polar surface area (TPSA) is 103 Å². The first kappa shape index (κ1) is 19.1. The van der Waals surface area contributed by atoms with Gasteiger partial charge in [-0.3, -0.25) is 14.6 Å². The van der Waals surface area contributed by atoms with Crippen molar-refractivity contribution < 1.29 is 14.3 Å². The van der Waals surface area contributed by atoms with Crippen LogP contribution in [-0.2, 0) is 11.3 Å². The highest BCUT2D eigenvalue weighted by Gasteiger charge is 2.24. The molecule has 1 atom stereocenters. The number of hydrogen-bond donors (Lipinski definition) is 2. The third-order valence-electron chi connectivity index (χ3n) is 4.59. The van der Waals surface area contributed by atoms with Gasteiger partial charge in [-0.05, 0) is 30.8 Å². The van der Waals surface area contributed by atoms with E-state index in [2.05, 4.69) is 4.98 Å². The molecule has 2 heterocycles. The number of likely N-dealkylation sites (tertiary alicyclic amines) is 1. The van der Waals surface area contributed by atoms with Crippen LogP contribution in [0.5, 0.6) is 11.5 Å². The van der Waals surface area contributed by atoms with Crippen LogP contribution in [0.25, 0.3) is 11.3 Å². The smallest absolute Gasteiger partial charge is 0.252 e. The molecule has 8 nitrogen and oxygen atoms in total. The molecule has 27 heavy (non-hydrogen) atoms. The molecule has 144 valence electrons. The average Bonchev–Trinajstić information content (AvgIpc) is 3.09. The van der Waals surface area contributed by atoms with Gasteiger partial charge >= 0.3 is 0 Å². The maximum Gasteiger partial charge on any atom is 0.252 e. The number of aromatic amines is 1. The van der Waals surface area contributed by atoms with E-state index in [1.807, 2.05) is 0 Å². The molecule has 1 amide bonds.